The standard InChI is InChI=1S/C14H10FNO4/c15-10-5-9(6-11(16)12(10)14(19)20)7-2-1-3-8(4-7)13(17)18/h1-6H,16H2,(H,17,18)(H,19,20). The first-order chi connectivity index (χ1) is 9.40. The van der Waals surface area contributed by atoms with E-state index in [1.54, 1.807) is 6.07 Å². The molecule has 4 N–H and O–H groups in total. The molecule has 2 aromatic carbocycles. The first kappa shape index (κ1) is 13.5. The summed E-state index contributed by atoms with van der Waals surface area (Å²) in [5.74, 6) is -3.53. The molecule has 0 spiro atoms. The van der Waals surface area contributed by atoms with Gasteiger partial charge in [-0.3, -0.25) is 0 Å². The third-order valence-electron chi connectivity index (χ3n) is 2.78. The number of benzene rings is 2. The lowest BCUT2D eigenvalue weighted by Crippen LogP contribution is -2.06. The van der Waals surface area contributed by atoms with Gasteiger partial charge in [-0.1, -0.05) is 12.1 Å². The van der Waals surface area contributed by atoms with E-state index in [2.05, 4.69) is 0 Å². The summed E-state index contributed by atoms with van der Waals surface area (Å²) in [4.78, 5) is 21.7. The monoisotopic (exact) mass is 275 g/mol. The molecule has 0 aliphatic heterocycles. The van der Waals surface area contributed by atoms with Gasteiger partial charge in [0, 0.05) is 5.69 Å². The topological polar surface area (TPSA) is 101 Å². The van der Waals surface area contributed by atoms with Crippen LogP contribution in [0.1, 0.15) is 20.7 Å². The number of halogens is 1. The minimum atomic E-state index is -1.45. The van der Waals surface area contributed by atoms with Crippen molar-refractivity contribution >= 4 is 17.6 Å². The quantitative estimate of drug-likeness (QED) is 0.747. The normalized spacial score (nSPS) is 10.2. The summed E-state index contributed by atoms with van der Waals surface area (Å²) >= 11 is 0. The average Bonchev–Trinajstić information content (AvgIpc) is 2.37. The Labute approximate surface area is 113 Å². The third kappa shape index (κ3) is 2.44. The maximum absolute atomic E-state index is 13.7. The fourth-order valence-corrected chi connectivity index (χ4v) is 1.85. The highest BCUT2D eigenvalue weighted by Crippen LogP contribution is 2.27. The van der Waals surface area contributed by atoms with Gasteiger partial charge in [-0.2, -0.15) is 0 Å². The second kappa shape index (κ2) is 5.00. The predicted octanol–water partition coefficient (Wildman–Crippen LogP) is 2.47. The molecular formula is C14H10FNO4. The van der Waals surface area contributed by atoms with Crippen molar-refractivity contribution in [1.82, 2.24) is 0 Å². The van der Waals surface area contributed by atoms with Gasteiger partial charge < -0.3 is 15.9 Å². The Bertz CT molecular complexity index is 689. The fourth-order valence-electron chi connectivity index (χ4n) is 1.85. The van der Waals surface area contributed by atoms with E-state index >= 15 is 0 Å². The van der Waals surface area contributed by atoms with Crippen molar-refractivity contribution in [2.45, 2.75) is 0 Å². The molecule has 0 fully saturated rings. The van der Waals surface area contributed by atoms with Crippen molar-refractivity contribution in [3.8, 4) is 11.1 Å². The Balaban J connectivity index is 2.57. The molecule has 0 radical (unpaired) electrons. The van der Waals surface area contributed by atoms with Crippen molar-refractivity contribution in [3.63, 3.8) is 0 Å². The highest BCUT2D eigenvalue weighted by Gasteiger charge is 2.16. The third-order valence-corrected chi connectivity index (χ3v) is 2.78. The molecule has 5 nitrogen and oxygen atoms in total. The van der Waals surface area contributed by atoms with E-state index in [0.29, 0.717) is 11.1 Å². The molecule has 2 rings (SSSR count). The van der Waals surface area contributed by atoms with Crippen LogP contribution >= 0.6 is 0 Å². The number of carboxylic acids is 2. The number of carboxylic acid groups (broad SMARTS) is 2. The molecule has 0 bridgehead atoms. The number of rotatable bonds is 3. The summed E-state index contributed by atoms with van der Waals surface area (Å²) in [6.45, 7) is 0. The summed E-state index contributed by atoms with van der Waals surface area (Å²) in [5.41, 5.74) is 5.51. The van der Waals surface area contributed by atoms with E-state index in [4.69, 9.17) is 15.9 Å². The number of hydrogen-bond acceptors (Lipinski definition) is 3. The van der Waals surface area contributed by atoms with Crippen LogP contribution in [-0.2, 0) is 0 Å². The van der Waals surface area contributed by atoms with E-state index in [-0.39, 0.29) is 11.3 Å². The van der Waals surface area contributed by atoms with Crippen LogP contribution in [0.4, 0.5) is 10.1 Å². The molecule has 0 aromatic heterocycles. The molecule has 6 heteroatoms. The Kier molecular flexibility index (Phi) is 3.39. The average molecular weight is 275 g/mol. The summed E-state index contributed by atoms with van der Waals surface area (Å²) < 4.78 is 13.7. The van der Waals surface area contributed by atoms with Crippen LogP contribution in [0.5, 0.6) is 0 Å². The highest BCUT2D eigenvalue weighted by atomic mass is 19.1. The van der Waals surface area contributed by atoms with Crippen LogP contribution in [0.3, 0.4) is 0 Å². The Hall–Kier alpha value is -2.89. The highest BCUT2D eigenvalue weighted by molar-refractivity contribution is 5.95. The first-order valence-corrected chi connectivity index (χ1v) is 5.56. The zero-order valence-electron chi connectivity index (χ0n) is 10.1. The molecule has 0 saturated heterocycles. The molecule has 0 aliphatic carbocycles. The van der Waals surface area contributed by atoms with Crippen molar-refractivity contribution in [2.75, 3.05) is 5.73 Å². The zero-order chi connectivity index (χ0) is 14.9. The molecule has 0 aliphatic rings. The predicted molar refractivity (Wildman–Crippen MR) is 70.2 cm³/mol. The first-order valence-electron chi connectivity index (χ1n) is 5.56. The largest absolute Gasteiger partial charge is 0.478 e. The van der Waals surface area contributed by atoms with E-state index in [1.165, 1.54) is 24.3 Å². The zero-order valence-corrected chi connectivity index (χ0v) is 10.1. The summed E-state index contributed by atoms with van der Waals surface area (Å²) in [5, 5.41) is 17.7. The molecule has 0 atom stereocenters. The molecule has 0 saturated carbocycles. The minimum absolute atomic E-state index is 0.0452. The molecule has 2 aromatic rings. The van der Waals surface area contributed by atoms with E-state index < -0.39 is 23.3 Å². The lowest BCUT2D eigenvalue weighted by molar-refractivity contribution is 0.0684. The molecule has 20 heavy (non-hydrogen) atoms. The van der Waals surface area contributed by atoms with Gasteiger partial charge in [0.2, 0.25) is 0 Å². The van der Waals surface area contributed by atoms with Crippen LogP contribution in [-0.4, -0.2) is 22.2 Å². The molecule has 0 amide bonds. The van der Waals surface area contributed by atoms with Gasteiger partial charge in [-0.25, -0.2) is 14.0 Å². The van der Waals surface area contributed by atoms with E-state index in [0.717, 1.165) is 6.07 Å². The van der Waals surface area contributed by atoms with E-state index in [1.807, 2.05) is 0 Å². The second-order valence-electron chi connectivity index (χ2n) is 4.11. The van der Waals surface area contributed by atoms with Crippen LogP contribution in [0.25, 0.3) is 11.1 Å². The molecule has 102 valence electrons. The lowest BCUT2D eigenvalue weighted by Gasteiger charge is -2.08. The molecule has 0 unspecified atom stereocenters. The van der Waals surface area contributed by atoms with Crippen LogP contribution < -0.4 is 5.73 Å². The smallest absolute Gasteiger partial charge is 0.340 e. The van der Waals surface area contributed by atoms with Crippen molar-refractivity contribution in [2.24, 2.45) is 0 Å². The summed E-state index contributed by atoms with van der Waals surface area (Å²) in [7, 11) is 0. The Morgan fingerprint density at radius 1 is 1.00 bits per heavy atom. The fraction of sp³-hybridized carbons (Fsp3) is 0. The number of carbonyl (C=O) groups is 2. The van der Waals surface area contributed by atoms with Gasteiger partial charge in [0.05, 0.1) is 5.56 Å². The number of nitrogen functional groups attached to an aromatic ring is 1. The molecule has 0 heterocycles. The van der Waals surface area contributed by atoms with Gasteiger partial charge >= 0.3 is 11.9 Å². The van der Waals surface area contributed by atoms with Crippen LogP contribution in [0.15, 0.2) is 36.4 Å². The van der Waals surface area contributed by atoms with Crippen molar-refractivity contribution in [3.05, 3.63) is 53.3 Å². The number of hydrogen-bond donors (Lipinski definition) is 3. The lowest BCUT2D eigenvalue weighted by atomic mass is 10.00. The number of aromatic carboxylic acids is 2. The Morgan fingerprint density at radius 3 is 2.25 bits per heavy atom. The van der Waals surface area contributed by atoms with Crippen LogP contribution in [0.2, 0.25) is 0 Å². The van der Waals surface area contributed by atoms with Gasteiger partial charge in [0.1, 0.15) is 11.4 Å². The number of nitrogens with two attached hydrogens (primary N) is 1. The van der Waals surface area contributed by atoms with E-state index in [9.17, 15) is 14.0 Å². The van der Waals surface area contributed by atoms with Gasteiger partial charge in [-0.15, -0.1) is 0 Å². The maximum atomic E-state index is 13.7. The van der Waals surface area contributed by atoms with Crippen LogP contribution in [0, 0.1) is 5.82 Å². The summed E-state index contributed by atoms with van der Waals surface area (Å²) in [6.07, 6.45) is 0. The second-order valence-corrected chi connectivity index (χ2v) is 4.11. The number of anilines is 1. The SMILES string of the molecule is Nc1cc(-c2cccc(C(=O)O)c2)cc(F)c1C(=O)O. The van der Waals surface area contributed by atoms with Gasteiger partial charge in [-0.05, 0) is 35.4 Å². The maximum Gasteiger partial charge on any atom is 0.340 e. The van der Waals surface area contributed by atoms with Crippen molar-refractivity contribution in [1.29, 1.82) is 0 Å². The molecular weight excluding hydrogens is 265 g/mol. The van der Waals surface area contributed by atoms with Gasteiger partial charge in [0.15, 0.2) is 0 Å². The minimum Gasteiger partial charge on any atom is -0.478 e. The van der Waals surface area contributed by atoms with Crippen molar-refractivity contribution < 1.29 is 24.2 Å². The Morgan fingerprint density at radius 2 is 1.70 bits per heavy atom. The summed E-state index contributed by atoms with van der Waals surface area (Å²) in [6, 6.07) is 8.17. The van der Waals surface area contributed by atoms with Gasteiger partial charge in [0.25, 0.3) is 0 Å².